The fourth-order valence-electron chi connectivity index (χ4n) is 2.99. The van der Waals surface area contributed by atoms with E-state index in [0.717, 1.165) is 16.9 Å². The molecule has 0 radical (unpaired) electrons. The van der Waals surface area contributed by atoms with E-state index in [1.807, 2.05) is 25.1 Å². The van der Waals surface area contributed by atoms with Crippen molar-refractivity contribution >= 4 is 0 Å². The molecule has 0 spiro atoms. The fourth-order valence-corrected chi connectivity index (χ4v) is 2.99. The van der Waals surface area contributed by atoms with Gasteiger partial charge in [0, 0.05) is 5.56 Å². The first kappa shape index (κ1) is 14.2. The number of aliphatic hydroxyl groups is 1. The van der Waals surface area contributed by atoms with Crippen LogP contribution in [0.2, 0.25) is 0 Å². The Labute approximate surface area is 126 Å². The fraction of sp³-hybridized carbons (Fsp3) is 0.368. The summed E-state index contributed by atoms with van der Waals surface area (Å²) in [7, 11) is 0. The van der Waals surface area contributed by atoms with Gasteiger partial charge in [-0.15, -0.1) is 0 Å². The molecule has 1 N–H and O–H groups in total. The van der Waals surface area contributed by atoms with Gasteiger partial charge in [-0.05, 0) is 61.4 Å². The van der Waals surface area contributed by atoms with Crippen molar-refractivity contribution in [1.29, 1.82) is 0 Å². The summed E-state index contributed by atoms with van der Waals surface area (Å²) >= 11 is 0. The van der Waals surface area contributed by atoms with Gasteiger partial charge in [0.1, 0.15) is 12.4 Å². The molecule has 0 bridgehead atoms. The summed E-state index contributed by atoms with van der Waals surface area (Å²) in [6, 6.07) is 12.6. The topological polar surface area (TPSA) is 29.5 Å². The van der Waals surface area contributed by atoms with E-state index in [-0.39, 0.29) is 0 Å². The van der Waals surface area contributed by atoms with E-state index in [9.17, 15) is 5.11 Å². The van der Waals surface area contributed by atoms with Gasteiger partial charge in [0.2, 0.25) is 0 Å². The van der Waals surface area contributed by atoms with E-state index in [1.54, 1.807) is 6.92 Å². The van der Waals surface area contributed by atoms with Crippen LogP contribution in [-0.4, -0.2) is 5.11 Å². The van der Waals surface area contributed by atoms with Crippen molar-refractivity contribution in [2.45, 2.75) is 45.8 Å². The number of ether oxygens (including phenoxy) is 1. The predicted octanol–water partition coefficient (Wildman–Crippen LogP) is 4.12. The first-order chi connectivity index (χ1) is 10.1. The average Bonchev–Trinajstić information content (AvgIpc) is 2.92. The molecule has 2 aromatic rings. The predicted molar refractivity (Wildman–Crippen MR) is 84.6 cm³/mol. The maximum Gasteiger partial charge on any atom is 0.125 e. The van der Waals surface area contributed by atoms with Crippen LogP contribution in [0.4, 0.5) is 0 Å². The van der Waals surface area contributed by atoms with Crippen LogP contribution in [0.5, 0.6) is 5.75 Å². The van der Waals surface area contributed by atoms with Gasteiger partial charge >= 0.3 is 0 Å². The number of hydrogen-bond acceptors (Lipinski definition) is 2. The minimum Gasteiger partial charge on any atom is -0.489 e. The summed E-state index contributed by atoms with van der Waals surface area (Å²) in [6.07, 6.45) is 3.15. The number of fused-ring (bicyclic) bond motifs is 1. The van der Waals surface area contributed by atoms with Crippen LogP contribution in [0, 0.1) is 6.92 Å². The molecule has 0 aromatic heterocycles. The van der Waals surface area contributed by atoms with E-state index in [2.05, 4.69) is 18.2 Å². The monoisotopic (exact) mass is 282 g/mol. The van der Waals surface area contributed by atoms with E-state index in [4.69, 9.17) is 4.74 Å². The van der Waals surface area contributed by atoms with Gasteiger partial charge in [0.05, 0.1) is 6.10 Å². The molecule has 0 saturated carbocycles. The molecule has 1 atom stereocenters. The van der Waals surface area contributed by atoms with Crippen LogP contribution >= 0.6 is 0 Å². The van der Waals surface area contributed by atoms with E-state index < -0.39 is 6.10 Å². The van der Waals surface area contributed by atoms with Crippen LogP contribution in [0.3, 0.4) is 0 Å². The molecule has 1 unspecified atom stereocenters. The second-order valence-electron chi connectivity index (χ2n) is 5.96. The van der Waals surface area contributed by atoms with Gasteiger partial charge < -0.3 is 9.84 Å². The number of aryl methyl sites for hydroxylation is 3. The van der Waals surface area contributed by atoms with Gasteiger partial charge in [-0.25, -0.2) is 0 Å². The zero-order valence-corrected chi connectivity index (χ0v) is 12.7. The number of hydrogen-bond donors (Lipinski definition) is 1. The third-order valence-electron chi connectivity index (χ3n) is 4.18. The molecule has 2 aromatic carbocycles. The van der Waals surface area contributed by atoms with Gasteiger partial charge in [-0.2, -0.15) is 0 Å². The Hall–Kier alpha value is -1.80. The first-order valence-corrected chi connectivity index (χ1v) is 7.65. The van der Waals surface area contributed by atoms with Crippen molar-refractivity contribution in [3.8, 4) is 5.75 Å². The summed E-state index contributed by atoms with van der Waals surface area (Å²) < 4.78 is 5.97. The molecule has 110 valence electrons. The van der Waals surface area contributed by atoms with Gasteiger partial charge in [0.25, 0.3) is 0 Å². The highest BCUT2D eigenvalue weighted by molar-refractivity contribution is 5.39. The minimum absolute atomic E-state index is 0.513. The average molecular weight is 282 g/mol. The smallest absolute Gasteiger partial charge is 0.125 e. The first-order valence-electron chi connectivity index (χ1n) is 7.65. The molecule has 0 fully saturated rings. The lowest BCUT2D eigenvalue weighted by molar-refractivity contribution is 0.190. The minimum atomic E-state index is -0.513. The highest BCUT2D eigenvalue weighted by Gasteiger charge is 2.12. The van der Waals surface area contributed by atoms with E-state index in [0.29, 0.717) is 6.61 Å². The summed E-state index contributed by atoms with van der Waals surface area (Å²) in [5.41, 5.74) is 6.15. The van der Waals surface area contributed by atoms with Crippen LogP contribution in [-0.2, 0) is 19.4 Å². The van der Waals surface area contributed by atoms with Crippen molar-refractivity contribution in [3.05, 3.63) is 64.2 Å². The largest absolute Gasteiger partial charge is 0.489 e. The molecule has 1 aliphatic rings. The second kappa shape index (κ2) is 5.90. The van der Waals surface area contributed by atoms with Gasteiger partial charge in [0.15, 0.2) is 0 Å². The quantitative estimate of drug-likeness (QED) is 0.914. The normalized spacial score (nSPS) is 14.8. The summed E-state index contributed by atoms with van der Waals surface area (Å²) in [5.74, 6) is 0.783. The van der Waals surface area contributed by atoms with Crippen LogP contribution in [0.25, 0.3) is 0 Å². The molecule has 0 saturated heterocycles. The van der Waals surface area contributed by atoms with Crippen molar-refractivity contribution in [1.82, 2.24) is 0 Å². The maximum absolute atomic E-state index is 9.84. The molecule has 2 nitrogen and oxygen atoms in total. The van der Waals surface area contributed by atoms with Crippen molar-refractivity contribution in [2.75, 3.05) is 0 Å². The van der Waals surface area contributed by atoms with Gasteiger partial charge in [-0.1, -0.05) is 30.3 Å². The lowest BCUT2D eigenvalue weighted by Crippen LogP contribution is -2.02. The molecule has 0 aliphatic heterocycles. The molecular weight excluding hydrogens is 260 g/mol. The summed E-state index contributed by atoms with van der Waals surface area (Å²) in [5, 5.41) is 9.84. The standard InChI is InChI=1S/C19H22O2/c1-13-6-9-18(14(2)20)19(10-13)21-12-15-7-8-16-4-3-5-17(16)11-15/h6-11,14,20H,3-5,12H2,1-2H3. The highest BCUT2D eigenvalue weighted by atomic mass is 16.5. The van der Waals surface area contributed by atoms with Gasteiger partial charge in [-0.3, -0.25) is 0 Å². The molecule has 0 amide bonds. The van der Waals surface area contributed by atoms with E-state index in [1.165, 1.54) is 36.0 Å². The molecule has 1 aliphatic carbocycles. The molecule has 21 heavy (non-hydrogen) atoms. The van der Waals surface area contributed by atoms with Crippen molar-refractivity contribution in [3.63, 3.8) is 0 Å². The SMILES string of the molecule is Cc1ccc(C(C)O)c(OCc2ccc3c(c2)CCC3)c1. The Morgan fingerprint density at radius 1 is 1.10 bits per heavy atom. The Morgan fingerprint density at radius 3 is 2.71 bits per heavy atom. The highest BCUT2D eigenvalue weighted by Crippen LogP contribution is 2.28. The lowest BCUT2D eigenvalue weighted by atomic mass is 10.1. The van der Waals surface area contributed by atoms with Crippen LogP contribution in [0.1, 0.15) is 47.3 Å². The Balaban J connectivity index is 1.77. The zero-order valence-electron chi connectivity index (χ0n) is 12.7. The summed E-state index contributed by atoms with van der Waals surface area (Å²) in [4.78, 5) is 0. The van der Waals surface area contributed by atoms with E-state index >= 15 is 0 Å². The van der Waals surface area contributed by atoms with Crippen LogP contribution < -0.4 is 4.74 Å². The number of benzene rings is 2. The number of aliphatic hydroxyl groups excluding tert-OH is 1. The Kier molecular flexibility index (Phi) is 3.98. The Bertz CT molecular complexity index is 644. The van der Waals surface area contributed by atoms with Crippen molar-refractivity contribution in [2.24, 2.45) is 0 Å². The number of rotatable bonds is 4. The second-order valence-corrected chi connectivity index (χ2v) is 5.96. The molecule has 2 heteroatoms. The van der Waals surface area contributed by atoms with Crippen LogP contribution in [0.15, 0.2) is 36.4 Å². The molecule has 0 heterocycles. The Morgan fingerprint density at radius 2 is 1.90 bits per heavy atom. The summed E-state index contributed by atoms with van der Waals surface area (Å²) in [6.45, 7) is 4.36. The van der Waals surface area contributed by atoms with Crippen molar-refractivity contribution < 1.29 is 9.84 Å². The zero-order chi connectivity index (χ0) is 14.8. The lowest BCUT2D eigenvalue weighted by Gasteiger charge is -2.15. The molecular formula is C19H22O2. The maximum atomic E-state index is 9.84. The molecule has 3 rings (SSSR count). The third-order valence-corrected chi connectivity index (χ3v) is 4.18. The third kappa shape index (κ3) is 3.11.